The van der Waals surface area contributed by atoms with Crippen molar-refractivity contribution in [3.8, 4) is 0 Å². The summed E-state index contributed by atoms with van der Waals surface area (Å²) in [5, 5.41) is 10.6. The van der Waals surface area contributed by atoms with Crippen molar-refractivity contribution >= 4 is 39.5 Å². The topological polar surface area (TPSA) is 237 Å². The Morgan fingerprint density at radius 3 is 0.772 bits per heavy atom. The summed E-state index contributed by atoms with van der Waals surface area (Å²) in [6.07, 6.45) is 45.7. The average molecular weight is 1350 g/mol. The van der Waals surface area contributed by atoms with Gasteiger partial charge >= 0.3 is 39.5 Å². The zero-order chi connectivity index (χ0) is 68.2. The summed E-state index contributed by atoms with van der Waals surface area (Å²) < 4.78 is 68.4. The second-order valence-electron chi connectivity index (χ2n) is 27.8. The molecule has 0 bridgehead atoms. The van der Waals surface area contributed by atoms with E-state index < -0.39 is 97.5 Å². The van der Waals surface area contributed by atoms with Gasteiger partial charge in [0.05, 0.1) is 26.4 Å². The number of carbonyl (C=O) groups excluding carboxylic acids is 4. The molecule has 4 unspecified atom stereocenters. The molecule has 3 N–H and O–H groups in total. The molecule has 0 radical (unpaired) electrons. The summed E-state index contributed by atoms with van der Waals surface area (Å²) >= 11 is 0. The first kappa shape index (κ1) is 90.1. The van der Waals surface area contributed by atoms with Crippen molar-refractivity contribution in [2.24, 2.45) is 23.7 Å². The number of phosphoric ester groups is 2. The maximum absolute atomic E-state index is 13.0. The van der Waals surface area contributed by atoms with Crippen LogP contribution in [-0.4, -0.2) is 96.7 Å². The van der Waals surface area contributed by atoms with Gasteiger partial charge in [-0.2, -0.15) is 0 Å². The zero-order valence-electron chi connectivity index (χ0n) is 60.2. The number of aliphatic hydroxyl groups excluding tert-OH is 1. The number of rotatable bonds is 70. The Labute approximate surface area is 562 Å². The molecule has 0 spiro atoms. The SMILES string of the molecule is CCC(C)CCCCCCCCCCCCC(=O)O[C@H](COC(=O)CCCCCCCCC(C)CC)COP(=O)(O)OC[C@H](O)COP(=O)(O)OC[C@@H](COC(=O)CCCCCCCCCCCCCCCC(C)C)OC(=O)CCCCCCCCCCCC(C)C. The van der Waals surface area contributed by atoms with Gasteiger partial charge in [0.1, 0.15) is 19.3 Å². The van der Waals surface area contributed by atoms with E-state index in [0.717, 1.165) is 120 Å². The van der Waals surface area contributed by atoms with E-state index in [1.165, 1.54) is 161 Å². The third-order valence-electron chi connectivity index (χ3n) is 17.5. The van der Waals surface area contributed by atoms with Gasteiger partial charge in [-0.25, -0.2) is 9.13 Å². The van der Waals surface area contributed by atoms with E-state index in [9.17, 15) is 43.2 Å². The molecule has 0 saturated heterocycles. The van der Waals surface area contributed by atoms with Crippen LogP contribution in [0, 0.1) is 23.7 Å². The molecular weight excluding hydrogens is 1210 g/mol. The Morgan fingerprint density at radius 2 is 0.522 bits per heavy atom. The molecule has 19 heteroatoms. The smallest absolute Gasteiger partial charge is 0.462 e. The van der Waals surface area contributed by atoms with Gasteiger partial charge in [0, 0.05) is 25.7 Å². The molecule has 0 amide bonds. The number of phosphoric acid groups is 2. The fraction of sp³-hybridized carbons (Fsp3) is 0.945. The Morgan fingerprint density at radius 1 is 0.304 bits per heavy atom. The highest BCUT2D eigenvalue weighted by Gasteiger charge is 2.30. The van der Waals surface area contributed by atoms with Crippen LogP contribution in [0.1, 0.15) is 364 Å². The Bertz CT molecular complexity index is 1820. The molecule has 0 fully saturated rings. The summed E-state index contributed by atoms with van der Waals surface area (Å²) in [6, 6.07) is 0. The van der Waals surface area contributed by atoms with Gasteiger partial charge in [0.2, 0.25) is 0 Å². The first-order valence-electron chi connectivity index (χ1n) is 37.8. The lowest BCUT2D eigenvalue weighted by molar-refractivity contribution is -0.161. The fourth-order valence-electron chi connectivity index (χ4n) is 11.0. The lowest BCUT2D eigenvalue weighted by Crippen LogP contribution is -2.30. The van der Waals surface area contributed by atoms with E-state index >= 15 is 0 Å². The van der Waals surface area contributed by atoms with Crippen LogP contribution in [0.3, 0.4) is 0 Å². The largest absolute Gasteiger partial charge is 0.472 e. The fourth-order valence-corrected chi connectivity index (χ4v) is 12.5. The molecule has 0 saturated carbocycles. The molecule has 0 aliphatic heterocycles. The Kier molecular flexibility index (Phi) is 61.3. The summed E-state index contributed by atoms with van der Waals surface area (Å²) in [6.45, 7) is 14.2. The molecule has 92 heavy (non-hydrogen) atoms. The van der Waals surface area contributed by atoms with Crippen LogP contribution >= 0.6 is 15.6 Å². The third-order valence-corrected chi connectivity index (χ3v) is 19.4. The second kappa shape index (κ2) is 62.6. The Balaban J connectivity index is 5.25. The molecule has 0 rings (SSSR count). The molecule has 0 heterocycles. The lowest BCUT2D eigenvalue weighted by Gasteiger charge is -2.21. The minimum atomic E-state index is -4.95. The number of ether oxygens (including phenoxy) is 4. The number of aliphatic hydroxyl groups is 1. The maximum atomic E-state index is 13.0. The molecule has 0 aromatic heterocycles. The minimum Gasteiger partial charge on any atom is -0.462 e. The number of hydrogen-bond acceptors (Lipinski definition) is 15. The normalized spacial score (nSPS) is 14.8. The first-order chi connectivity index (χ1) is 44.2. The highest BCUT2D eigenvalue weighted by atomic mass is 31.2. The van der Waals surface area contributed by atoms with E-state index in [0.29, 0.717) is 25.7 Å². The van der Waals surface area contributed by atoms with Gasteiger partial charge < -0.3 is 33.8 Å². The summed E-state index contributed by atoms with van der Waals surface area (Å²) in [4.78, 5) is 72.7. The predicted molar refractivity (Wildman–Crippen MR) is 372 cm³/mol. The monoisotopic (exact) mass is 1350 g/mol. The second-order valence-corrected chi connectivity index (χ2v) is 30.7. The van der Waals surface area contributed by atoms with Crippen molar-refractivity contribution in [2.45, 2.75) is 382 Å². The maximum Gasteiger partial charge on any atom is 0.472 e. The molecule has 546 valence electrons. The van der Waals surface area contributed by atoms with Gasteiger partial charge in [-0.05, 0) is 49.4 Å². The van der Waals surface area contributed by atoms with E-state index in [4.69, 9.17) is 37.0 Å². The first-order valence-corrected chi connectivity index (χ1v) is 40.8. The van der Waals surface area contributed by atoms with Crippen molar-refractivity contribution in [3.63, 3.8) is 0 Å². The van der Waals surface area contributed by atoms with Gasteiger partial charge in [-0.3, -0.25) is 37.3 Å². The number of esters is 4. The van der Waals surface area contributed by atoms with Crippen LogP contribution in [0.15, 0.2) is 0 Å². The van der Waals surface area contributed by atoms with Crippen molar-refractivity contribution < 1.29 is 80.2 Å². The van der Waals surface area contributed by atoms with Crippen molar-refractivity contribution in [1.82, 2.24) is 0 Å². The molecule has 17 nitrogen and oxygen atoms in total. The zero-order valence-corrected chi connectivity index (χ0v) is 62.0. The van der Waals surface area contributed by atoms with Gasteiger partial charge in [0.25, 0.3) is 0 Å². The van der Waals surface area contributed by atoms with Crippen LogP contribution in [0.5, 0.6) is 0 Å². The highest BCUT2D eigenvalue weighted by Crippen LogP contribution is 2.45. The third kappa shape index (κ3) is 64.1. The summed E-state index contributed by atoms with van der Waals surface area (Å²) in [7, 11) is -9.91. The lowest BCUT2D eigenvalue weighted by atomic mass is 9.99. The number of carbonyl (C=O) groups is 4. The van der Waals surface area contributed by atoms with E-state index in [-0.39, 0.29) is 25.7 Å². The van der Waals surface area contributed by atoms with Crippen LogP contribution in [-0.2, 0) is 65.4 Å². The van der Waals surface area contributed by atoms with Crippen LogP contribution < -0.4 is 0 Å². The predicted octanol–water partition coefficient (Wildman–Crippen LogP) is 20.9. The van der Waals surface area contributed by atoms with Crippen LogP contribution in [0.4, 0.5) is 0 Å². The minimum absolute atomic E-state index is 0.105. The van der Waals surface area contributed by atoms with E-state index in [1.54, 1.807) is 0 Å². The van der Waals surface area contributed by atoms with Gasteiger partial charge in [-0.1, -0.05) is 312 Å². The molecule has 0 aliphatic carbocycles. The summed E-state index contributed by atoms with van der Waals surface area (Å²) in [5.74, 6) is 0.935. The number of unbranched alkanes of at least 4 members (excludes halogenated alkanes) is 34. The van der Waals surface area contributed by atoms with Crippen LogP contribution in [0.2, 0.25) is 0 Å². The molecule has 0 aliphatic rings. The molecule has 7 atom stereocenters. The molecular formula is C73H142O17P2. The number of hydrogen-bond donors (Lipinski definition) is 3. The standard InChI is InChI=1S/C73H142O17P2/c1-9-65(7)51-43-35-27-21-16-17-23-29-39-47-55-72(77)90-69(60-84-71(76)54-46-38-32-31-36-44-52-66(8)10-2)62-88-92(81,82)86-58-67(74)57-85-91(79,80)87-61-68(89-73(78)56-48-40-30-24-18-20-26-34-42-50-64(5)6)59-83-70(75)53-45-37-28-22-15-13-11-12-14-19-25-33-41-49-63(3)4/h63-69,74H,9-62H2,1-8H3,(H,79,80)(H,81,82)/t65?,66?,67-,68-,69-/m1/s1. The molecule has 0 aromatic carbocycles. The average Bonchev–Trinajstić information content (AvgIpc) is 2.18. The van der Waals surface area contributed by atoms with Gasteiger partial charge in [-0.15, -0.1) is 0 Å². The van der Waals surface area contributed by atoms with E-state index in [2.05, 4.69) is 55.4 Å². The van der Waals surface area contributed by atoms with E-state index in [1.807, 2.05) is 0 Å². The molecule has 0 aromatic rings. The van der Waals surface area contributed by atoms with Crippen LogP contribution in [0.25, 0.3) is 0 Å². The quantitative estimate of drug-likeness (QED) is 0.0222. The highest BCUT2D eigenvalue weighted by molar-refractivity contribution is 7.47. The van der Waals surface area contributed by atoms with Crippen molar-refractivity contribution in [3.05, 3.63) is 0 Å². The van der Waals surface area contributed by atoms with Crippen molar-refractivity contribution in [1.29, 1.82) is 0 Å². The van der Waals surface area contributed by atoms with Crippen molar-refractivity contribution in [2.75, 3.05) is 39.6 Å². The Hall–Kier alpha value is -1.94. The summed E-state index contributed by atoms with van der Waals surface area (Å²) in [5.41, 5.74) is 0. The van der Waals surface area contributed by atoms with Gasteiger partial charge in [0.15, 0.2) is 12.2 Å².